The molecule has 0 saturated heterocycles. The van der Waals surface area contributed by atoms with Gasteiger partial charge < -0.3 is 16.6 Å². The number of rotatable bonds is 2. The molecular formula is C9H14N2O. The average molecular weight is 166 g/mol. The second-order valence-electron chi connectivity index (χ2n) is 3.20. The number of hydrogen-bond acceptors (Lipinski definition) is 3. The quantitative estimate of drug-likeness (QED) is 0.558. The Morgan fingerprint density at radius 3 is 2.67 bits per heavy atom. The third-order valence-electron chi connectivity index (χ3n) is 1.87. The summed E-state index contributed by atoms with van der Waals surface area (Å²) in [7, 11) is 0. The van der Waals surface area contributed by atoms with Crippen molar-refractivity contribution < 1.29 is 5.11 Å². The van der Waals surface area contributed by atoms with E-state index in [0.717, 1.165) is 5.56 Å². The lowest BCUT2D eigenvalue weighted by Gasteiger charge is -2.22. The largest absolute Gasteiger partial charge is 0.399 e. The zero-order valence-corrected chi connectivity index (χ0v) is 7.12. The highest BCUT2D eigenvalue weighted by Crippen LogP contribution is 2.18. The van der Waals surface area contributed by atoms with Gasteiger partial charge in [0.1, 0.15) is 0 Å². The Hall–Kier alpha value is -1.06. The Morgan fingerprint density at radius 1 is 1.50 bits per heavy atom. The summed E-state index contributed by atoms with van der Waals surface area (Å²) >= 11 is 0. The van der Waals surface area contributed by atoms with Gasteiger partial charge in [0.25, 0.3) is 0 Å². The van der Waals surface area contributed by atoms with Crippen LogP contribution in [-0.4, -0.2) is 11.7 Å². The van der Waals surface area contributed by atoms with E-state index in [-0.39, 0.29) is 6.61 Å². The number of nitrogen functional groups attached to an aromatic ring is 1. The molecule has 0 amide bonds. The van der Waals surface area contributed by atoms with Gasteiger partial charge >= 0.3 is 0 Å². The summed E-state index contributed by atoms with van der Waals surface area (Å²) in [6.45, 7) is 1.68. The van der Waals surface area contributed by atoms with Crippen LogP contribution in [0, 0.1) is 0 Å². The fourth-order valence-electron chi connectivity index (χ4n) is 0.985. The SMILES string of the molecule is C[C@](N)(CO)c1cccc(N)c1. The molecule has 0 aromatic heterocycles. The number of anilines is 1. The van der Waals surface area contributed by atoms with Crippen LogP contribution in [0.3, 0.4) is 0 Å². The molecule has 66 valence electrons. The maximum atomic E-state index is 8.97. The molecule has 0 radical (unpaired) electrons. The number of aliphatic hydroxyl groups excluding tert-OH is 1. The summed E-state index contributed by atoms with van der Waals surface area (Å²) in [4.78, 5) is 0. The van der Waals surface area contributed by atoms with Crippen molar-refractivity contribution in [3.63, 3.8) is 0 Å². The molecule has 0 unspecified atom stereocenters. The van der Waals surface area contributed by atoms with Crippen LogP contribution in [0.2, 0.25) is 0 Å². The van der Waals surface area contributed by atoms with Gasteiger partial charge in [-0.05, 0) is 24.6 Å². The predicted molar refractivity (Wildman–Crippen MR) is 49.5 cm³/mol. The molecular weight excluding hydrogens is 152 g/mol. The number of nitrogens with two attached hydrogens (primary N) is 2. The summed E-state index contributed by atoms with van der Waals surface area (Å²) in [5.74, 6) is 0. The molecule has 5 N–H and O–H groups in total. The van der Waals surface area contributed by atoms with Crippen molar-refractivity contribution in [2.75, 3.05) is 12.3 Å². The lowest BCUT2D eigenvalue weighted by Crippen LogP contribution is -2.36. The van der Waals surface area contributed by atoms with Crippen LogP contribution in [0.15, 0.2) is 24.3 Å². The third-order valence-corrected chi connectivity index (χ3v) is 1.87. The van der Waals surface area contributed by atoms with Crippen LogP contribution in [-0.2, 0) is 5.54 Å². The Morgan fingerprint density at radius 2 is 2.17 bits per heavy atom. The first-order valence-electron chi connectivity index (χ1n) is 3.82. The molecule has 0 fully saturated rings. The van der Waals surface area contributed by atoms with Crippen molar-refractivity contribution in [2.45, 2.75) is 12.5 Å². The maximum absolute atomic E-state index is 8.97. The molecule has 12 heavy (non-hydrogen) atoms. The van der Waals surface area contributed by atoms with Crippen molar-refractivity contribution in [2.24, 2.45) is 5.73 Å². The molecule has 0 heterocycles. The normalized spacial score (nSPS) is 15.6. The molecule has 0 saturated carbocycles. The second-order valence-corrected chi connectivity index (χ2v) is 3.20. The van der Waals surface area contributed by atoms with Gasteiger partial charge in [-0.15, -0.1) is 0 Å². The number of hydrogen-bond donors (Lipinski definition) is 3. The van der Waals surface area contributed by atoms with E-state index in [1.165, 1.54) is 0 Å². The predicted octanol–water partition coefficient (Wildman–Crippen LogP) is 0.435. The number of benzene rings is 1. The summed E-state index contributed by atoms with van der Waals surface area (Å²) in [6, 6.07) is 7.24. The summed E-state index contributed by atoms with van der Waals surface area (Å²) in [6.07, 6.45) is 0. The van der Waals surface area contributed by atoms with Gasteiger partial charge in [-0.25, -0.2) is 0 Å². The fraction of sp³-hybridized carbons (Fsp3) is 0.333. The van der Waals surface area contributed by atoms with Crippen LogP contribution in [0.1, 0.15) is 12.5 Å². The standard InChI is InChI=1S/C9H14N2O/c1-9(11,6-12)7-3-2-4-8(10)5-7/h2-5,12H,6,10-11H2,1H3/t9-/m0/s1. The van der Waals surface area contributed by atoms with E-state index in [0.29, 0.717) is 5.69 Å². The second kappa shape index (κ2) is 3.13. The first-order chi connectivity index (χ1) is 5.56. The summed E-state index contributed by atoms with van der Waals surface area (Å²) in [5, 5.41) is 8.97. The molecule has 0 aliphatic rings. The monoisotopic (exact) mass is 166 g/mol. The smallest absolute Gasteiger partial charge is 0.0650 e. The zero-order valence-electron chi connectivity index (χ0n) is 7.12. The molecule has 1 atom stereocenters. The molecule has 3 heteroatoms. The van der Waals surface area contributed by atoms with Crippen molar-refractivity contribution in [1.29, 1.82) is 0 Å². The van der Waals surface area contributed by atoms with Gasteiger partial charge in [-0.3, -0.25) is 0 Å². The fourth-order valence-corrected chi connectivity index (χ4v) is 0.985. The van der Waals surface area contributed by atoms with Gasteiger partial charge in [0.2, 0.25) is 0 Å². The lowest BCUT2D eigenvalue weighted by atomic mass is 9.94. The van der Waals surface area contributed by atoms with Crippen LogP contribution in [0.25, 0.3) is 0 Å². The lowest BCUT2D eigenvalue weighted by molar-refractivity contribution is 0.210. The average Bonchev–Trinajstić information content (AvgIpc) is 2.05. The van der Waals surface area contributed by atoms with Gasteiger partial charge in [0.05, 0.1) is 12.1 Å². The first-order valence-corrected chi connectivity index (χ1v) is 3.82. The highest BCUT2D eigenvalue weighted by Gasteiger charge is 2.19. The van der Waals surface area contributed by atoms with E-state index in [4.69, 9.17) is 16.6 Å². The molecule has 1 aromatic carbocycles. The highest BCUT2D eigenvalue weighted by atomic mass is 16.3. The van der Waals surface area contributed by atoms with Crippen LogP contribution < -0.4 is 11.5 Å². The van der Waals surface area contributed by atoms with E-state index >= 15 is 0 Å². The van der Waals surface area contributed by atoms with Crippen molar-refractivity contribution in [3.05, 3.63) is 29.8 Å². The van der Waals surface area contributed by atoms with E-state index < -0.39 is 5.54 Å². The van der Waals surface area contributed by atoms with Gasteiger partial charge in [0, 0.05) is 5.69 Å². The van der Waals surface area contributed by atoms with Crippen molar-refractivity contribution >= 4 is 5.69 Å². The Balaban J connectivity index is 3.03. The number of aliphatic hydroxyl groups is 1. The Labute approximate surface area is 72.0 Å². The van der Waals surface area contributed by atoms with Crippen LogP contribution in [0.5, 0.6) is 0 Å². The highest BCUT2D eigenvalue weighted by molar-refractivity contribution is 5.42. The summed E-state index contributed by atoms with van der Waals surface area (Å²) in [5.41, 5.74) is 12.2. The molecule has 0 bridgehead atoms. The van der Waals surface area contributed by atoms with Crippen molar-refractivity contribution in [1.82, 2.24) is 0 Å². The molecule has 0 aliphatic heterocycles. The van der Waals surface area contributed by atoms with Crippen LogP contribution in [0.4, 0.5) is 5.69 Å². The van der Waals surface area contributed by atoms with Crippen molar-refractivity contribution in [3.8, 4) is 0 Å². The van der Waals surface area contributed by atoms with Gasteiger partial charge in [0.15, 0.2) is 0 Å². The minimum atomic E-state index is -0.699. The van der Waals surface area contributed by atoms with Gasteiger partial charge in [-0.2, -0.15) is 0 Å². The molecule has 1 aromatic rings. The minimum absolute atomic E-state index is 0.0869. The van der Waals surface area contributed by atoms with E-state index in [1.54, 1.807) is 19.1 Å². The molecule has 0 spiro atoms. The Bertz CT molecular complexity index is 271. The Kier molecular flexibility index (Phi) is 2.35. The minimum Gasteiger partial charge on any atom is -0.399 e. The zero-order chi connectivity index (χ0) is 9.19. The van der Waals surface area contributed by atoms with E-state index in [1.807, 2.05) is 12.1 Å². The maximum Gasteiger partial charge on any atom is 0.0650 e. The molecule has 1 rings (SSSR count). The summed E-state index contributed by atoms with van der Waals surface area (Å²) < 4.78 is 0. The molecule has 0 aliphatic carbocycles. The third kappa shape index (κ3) is 1.75. The topological polar surface area (TPSA) is 72.3 Å². The molecule has 3 nitrogen and oxygen atoms in total. The first kappa shape index (κ1) is 9.03. The van der Waals surface area contributed by atoms with Crippen LogP contribution >= 0.6 is 0 Å². The van der Waals surface area contributed by atoms with E-state index in [2.05, 4.69) is 0 Å². The van der Waals surface area contributed by atoms with E-state index in [9.17, 15) is 0 Å². The van der Waals surface area contributed by atoms with Gasteiger partial charge in [-0.1, -0.05) is 12.1 Å².